The minimum Gasteiger partial charge on any atom is -0.462 e. The summed E-state index contributed by atoms with van der Waals surface area (Å²) in [5.41, 5.74) is -2.65. The average molecular weight is 639 g/mol. The normalized spacial score (nSPS) is 27.6. The maximum Gasteiger partial charge on any atom is 0.311 e. The predicted molar refractivity (Wildman–Crippen MR) is 169 cm³/mol. The SMILES string of the molecule is CC1=CC(C)(C)CC(O[C@@H]2O[C@H](COC(=O)C(C)(C)C)[C@@H](OC(=O)C(C)(C)C)[C@H](OC(=O)C(C)(C)C)[C@H]2OC(=O)C(C)(C)C)C1. The second kappa shape index (κ2) is 13.7. The first-order chi connectivity index (χ1) is 20.1. The number of rotatable bonds is 7. The fraction of sp³-hybridized carbons (Fsp3) is 0.829. The molecule has 10 heteroatoms. The summed E-state index contributed by atoms with van der Waals surface area (Å²) in [4.78, 5) is 53.0. The number of hydrogen-bond acceptors (Lipinski definition) is 10. The van der Waals surface area contributed by atoms with Crippen molar-refractivity contribution < 1.29 is 47.6 Å². The van der Waals surface area contributed by atoms with Crippen LogP contribution in [-0.2, 0) is 47.6 Å². The van der Waals surface area contributed by atoms with Crippen molar-refractivity contribution in [2.24, 2.45) is 27.1 Å². The Bertz CT molecular complexity index is 1120. The Morgan fingerprint density at radius 1 is 0.711 bits per heavy atom. The number of hydrogen-bond donors (Lipinski definition) is 0. The van der Waals surface area contributed by atoms with Gasteiger partial charge in [0.1, 0.15) is 12.7 Å². The molecule has 0 amide bonds. The van der Waals surface area contributed by atoms with Crippen molar-refractivity contribution in [2.75, 3.05) is 6.61 Å². The molecule has 0 spiro atoms. The van der Waals surface area contributed by atoms with Crippen LogP contribution in [0, 0.1) is 27.1 Å². The maximum atomic E-state index is 13.4. The van der Waals surface area contributed by atoms with Gasteiger partial charge in [0.15, 0.2) is 24.6 Å². The highest BCUT2D eigenvalue weighted by atomic mass is 16.7. The molecule has 0 aromatic carbocycles. The van der Waals surface area contributed by atoms with E-state index in [1.807, 2.05) is 6.92 Å². The topological polar surface area (TPSA) is 124 Å². The van der Waals surface area contributed by atoms with E-state index in [-0.39, 0.29) is 18.1 Å². The lowest BCUT2D eigenvalue weighted by Gasteiger charge is -2.47. The van der Waals surface area contributed by atoms with Gasteiger partial charge in [-0.05, 0) is 108 Å². The monoisotopic (exact) mass is 638 g/mol. The molecule has 0 saturated carbocycles. The molecule has 45 heavy (non-hydrogen) atoms. The van der Waals surface area contributed by atoms with Crippen LogP contribution in [0.15, 0.2) is 11.6 Å². The molecule has 1 aliphatic carbocycles. The summed E-state index contributed by atoms with van der Waals surface area (Å²) in [6.07, 6.45) is -3.12. The Morgan fingerprint density at radius 2 is 1.13 bits per heavy atom. The lowest BCUT2D eigenvalue weighted by atomic mass is 9.78. The predicted octanol–water partition coefficient (Wildman–Crippen LogP) is 6.33. The van der Waals surface area contributed by atoms with E-state index in [0.29, 0.717) is 12.8 Å². The second-order valence-corrected chi connectivity index (χ2v) is 17.4. The Morgan fingerprint density at radius 3 is 1.56 bits per heavy atom. The van der Waals surface area contributed by atoms with Crippen LogP contribution in [-0.4, -0.2) is 67.3 Å². The van der Waals surface area contributed by atoms with E-state index in [9.17, 15) is 19.2 Å². The molecule has 0 N–H and O–H groups in total. The van der Waals surface area contributed by atoms with Crippen LogP contribution in [0.4, 0.5) is 0 Å². The summed E-state index contributed by atoms with van der Waals surface area (Å²) >= 11 is 0. The van der Waals surface area contributed by atoms with Gasteiger partial charge in [-0.25, -0.2) is 0 Å². The highest BCUT2D eigenvalue weighted by Gasteiger charge is 2.55. The Balaban J connectivity index is 2.70. The van der Waals surface area contributed by atoms with E-state index < -0.39 is 76.2 Å². The highest BCUT2D eigenvalue weighted by Crippen LogP contribution is 2.39. The Labute approximate surface area is 270 Å². The molecular formula is C35H58O10. The van der Waals surface area contributed by atoms with Crippen LogP contribution < -0.4 is 0 Å². The molecule has 0 aromatic heterocycles. The van der Waals surface area contributed by atoms with Gasteiger partial charge >= 0.3 is 23.9 Å². The van der Waals surface area contributed by atoms with E-state index in [4.69, 9.17) is 28.4 Å². The number of carbonyl (C=O) groups excluding carboxylic acids is 4. The Hall–Kier alpha value is -2.46. The van der Waals surface area contributed by atoms with Gasteiger partial charge in [-0.1, -0.05) is 25.5 Å². The molecule has 258 valence electrons. The number of esters is 4. The van der Waals surface area contributed by atoms with Crippen LogP contribution in [0.5, 0.6) is 0 Å². The van der Waals surface area contributed by atoms with Crippen molar-refractivity contribution in [3.05, 3.63) is 11.6 Å². The van der Waals surface area contributed by atoms with E-state index in [1.165, 1.54) is 0 Å². The molecule has 6 atom stereocenters. The zero-order valence-corrected chi connectivity index (χ0v) is 30.2. The van der Waals surface area contributed by atoms with Crippen molar-refractivity contribution in [2.45, 2.75) is 154 Å². The second-order valence-electron chi connectivity index (χ2n) is 17.4. The summed E-state index contributed by atoms with van der Waals surface area (Å²) in [6.45, 7) is 26.3. The van der Waals surface area contributed by atoms with Crippen molar-refractivity contribution in [1.82, 2.24) is 0 Å². The van der Waals surface area contributed by atoms with Crippen molar-refractivity contribution in [3.8, 4) is 0 Å². The van der Waals surface area contributed by atoms with Crippen LogP contribution in [0.2, 0.25) is 0 Å². The first kappa shape index (κ1) is 38.7. The standard InChI is InChI=1S/C35H58O10/c1-20-16-21(18-35(14,15)17-20)41-26-25(45-30(39)34(11,12)13)24(44-29(38)33(8,9)10)23(43-28(37)32(5,6)7)22(42-26)19-40-27(36)31(2,3)4/h17,21-26H,16,18-19H2,1-15H3/t21?,22-,23-,24+,25-,26-/m1/s1. The zero-order valence-electron chi connectivity index (χ0n) is 30.2. The number of allylic oxidation sites excluding steroid dienone is 1. The quantitative estimate of drug-likeness (QED) is 0.178. The molecule has 1 fully saturated rings. The van der Waals surface area contributed by atoms with E-state index >= 15 is 0 Å². The van der Waals surface area contributed by atoms with Gasteiger partial charge in [0, 0.05) is 0 Å². The zero-order chi connectivity index (χ0) is 34.9. The number of ether oxygens (including phenoxy) is 6. The molecule has 0 radical (unpaired) electrons. The maximum absolute atomic E-state index is 13.4. The van der Waals surface area contributed by atoms with Crippen molar-refractivity contribution >= 4 is 23.9 Å². The van der Waals surface area contributed by atoms with Crippen LogP contribution in [0.3, 0.4) is 0 Å². The van der Waals surface area contributed by atoms with E-state index in [1.54, 1.807) is 83.1 Å². The summed E-state index contributed by atoms with van der Waals surface area (Å²) < 4.78 is 36.8. The molecule has 1 heterocycles. The molecule has 0 aromatic rings. The fourth-order valence-electron chi connectivity index (χ4n) is 4.89. The minimum atomic E-state index is -1.33. The summed E-state index contributed by atoms with van der Waals surface area (Å²) in [7, 11) is 0. The van der Waals surface area contributed by atoms with Gasteiger partial charge in [-0.15, -0.1) is 0 Å². The average Bonchev–Trinajstić information content (AvgIpc) is 2.82. The molecule has 1 aliphatic heterocycles. The van der Waals surface area contributed by atoms with Crippen LogP contribution in [0.1, 0.15) is 117 Å². The summed E-state index contributed by atoms with van der Waals surface area (Å²) in [5, 5.41) is 0. The fourth-order valence-corrected chi connectivity index (χ4v) is 4.89. The first-order valence-electron chi connectivity index (χ1n) is 15.9. The van der Waals surface area contributed by atoms with Crippen LogP contribution in [0.25, 0.3) is 0 Å². The van der Waals surface area contributed by atoms with Gasteiger partial charge in [0.2, 0.25) is 0 Å². The molecule has 2 rings (SSSR count). The van der Waals surface area contributed by atoms with Gasteiger partial charge in [0.25, 0.3) is 0 Å². The molecule has 0 bridgehead atoms. The lowest BCUT2D eigenvalue weighted by Crippen LogP contribution is -2.64. The van der Waals surface area contributed by atoms with Gasteiger partial charge in [0.05, 0.1) is 27.8 Å². The van der Waals surface area contributed by atoms with E-state index in [0.717, 1.165) is 5.57 Å². The molecule has 1 saturated heterocycles. The minimum absolute atomic E-state index is 0.163. The van der Waals surface area contributed by atoms with Gasteiger partial charge in [-0.2, -0.15) is 0 Å². The summed E-state index contributed by atoms with van der Waals surface area (Å²) in [5.74, 6) is -2.29. The molecule has 2 aliphatic rings. The highest BCUT2D eigenvalue weighted by molar-refractivity contribution is 5.78. The molecule has 1 unspecified atom stereocenters. The third-order valence-corrected chi connectivity index (χ3v) is 7.42. The molecular weight excluding hydrogens is 580 g/mol. The number of carbonyl (C=O) groups is 4. The third kappa shape index (κ3) is 11.1. The van der Waals surface area contributed by atoms with E-state index in [2.05, 4.69) is 19.9 Å². The molecule has 10 nitrogen and oxygen atoms in total. The van der Waals surface area contributed by atoms with Crippen molar-refractivity contribution in [1.29, 1.82) is 0 Å². The smallest absolute Gasteiger partial charge is 0.311 e. The van der Waals surface area contributed by atoms with Crippen molar-refractivity contribution in [3.63, 3.8) is 0 Å². The van der Waals surface area contributed by atoms with Gasteiger partial charge in [-0.3, -0.25) is 19.2 Å². The third-order valence-electron chi connectivity index (χ3n) is 7.42. The Kier molecular flexibility index (Phi) is 11.8. The lowest BCUT2D eigenvalue weighted by molar-refractivity contribution is -0.321. The van der Waals surface area contributed by atoms with Crippen LogP contribution >= 0.6 is 0 Å². The largest absolute Gasteiger partial charge is 0.462 e. The summed E-state index contributed by atoms with van der Waals surface area (Å²) in [6, 6.07) is 0. The first-order valence-corrected chi connectivity index (χ1v) is 15.9. The van der Waals surface area contributed by atoms with Gasteiger partial charge < -0.3 is 28.4 Å².